The average Bonchev–Trinajstić information content (AvgIpc) is 1.57. The zero-order valence-corrected chi connectivity index (χ0v) is 85.3. The number of likely N-dealkylation sites (tertiary alicyclic amines) is 5. The van der Waals surface area contributed by atoms with Crippen LogP contribution < -0.4 is 55.7 Å². The van der Waals surface area contributed by atoms with Gasteiger partial charge in [-0.05, 0) is 196 Å². The van der Waals surface area contributed by atoms with Gasteiger partial charge < -0.3 is 77.2 Å². The van der Waals surface area contributed by atoms with Crippen LogP contribution >= 0.6 is 34.8 Å². The summed E-state index contributed by atoms with van der Waals surface area (Å²) in [5.41, 5.74) is 12.0. The molecule has 12 aromatic rings. The van der Waals surface area contributed by atoms with Crippen LogP contribution in [0, 0.1) is 27.7 Å². The van der Waals surface area contributed by atoms with Crippen molar-refractivity contribution in [1.82, 2.24) is 62.7 Å². The summed E-state index contributed by atoms with van der Waals surface area (Å²) in [7, 11) is 1.82. The number of likely N-dealkylation sites (N-methyl/N-ethyl adjacent to an activating group) is 1. The number of amides is 10. The number of nitrogens with one attached hydrogen (secondary N) is 6. The lowest BCUT2D eigenvalue weighted by molar-refractivity contribution is -0.286. The molecule has 0 radical (unpaired) electrons. The molecule has 5 fully saturated rings. The molecule has 4 aromatic heterocycles. The third-order valence-electron chi connectivity index (χ3n) is 27.9. The van der Waals surface area contributed by atoms with E-state index in [2.05, 4.69) is 61.5 Å². The highest BCUT2D eigenvalue weighted by Gasteiger charge is 2.46. The predicted molar refractivity (Wildman–Crippen MR) is 565 cm³/mol. The van der Waals surface area contributed by atoms with Crippen molar-refractivity contribution in [3.05, 3.63) is 243 Å². The summed E-state index contributed by atoms with van der Waals surface area (Å²) >= 11 is 20.7. The van der Waals surface area contributed by atoms with Gasteiger partial charge in [-0.3, -0.25) is 74.0 Å². The number of alkyl halides is 2. The van der Waals surface area contributed by atoms with Crippen LogP contribution in [0.2, 0.25) is 15.1 Å². The SMILES string of the molecule is C=CC(=O)N1CCCC[C@@H](n2c(NC(=O)c3cccc(C)c3)nc3cc4c(c(Cl)c32)NC(=O)CN4C)C1.C=CC(=O)N1CCCC[C@@H](n2c(NC(=O)c3cccc(C)c3)nc3cc4c(c(Cl)c32)NC(=O)CO4)C1.C=CC(=O)N1CCCC[C@@H](n2c(NC(=O)c3cccc(C)c3)nc3cc4c(c(Cl)c32)OCC(=O)C4)C1.Cc1c2c(cc3nc(NC(=O)c4ccccc4)n([C@@H]4CCCCN(C(=O)/C=C/N5CCCC5)C4)c13)OC(F)(F)O2. The van der Waals surface area contributed by atoms with Gasteiger partial charge in [-0.2, -0.15) is 0 Å². The van der Waals surface area contributed by atoms with E-state index in [1.54, 1.807) is 88.4 Å². The maximum atomic E-state index is 14.0. The number of ketones is 1. The molecule has 8 aromatic carbocycles. The molecule has 10 amide bonds. The third-order valence-corrected chi connectivity index (χ3v) is 29.0. The number of Topliss-reactive ketones (excluding diaryl/α,β-unsaturated/α-hetero) is 1. The van der Waals surface area contributed by atoms with Crippen LogP contribution in [0.3, 0.4) is 0 Å². The van der Waals surface area contributed by atoms with Crippen LogP contribution in [0.5, 0.6) is 23.0 Å². The van der Waals surface area contributed by atoms with E-state index in [0.717, 1.165) is 119 Å². The highest BCUT2D eigenvalue weighted by molar-refractivity contribution is 6.40. The minimum atomic E-state index is -3.77. The minimum absolute atomic E-state index is 0.0334. The van der Waals surface area contributed by atoms with Gasteiger partial charge >= 0.3 is 6.29 Å². The number of benzene rings is 8. The quantitative estimate of drug-likeness (QED) is 0.0461. The standard InChI is InChI=1S/C29H31F2N5O4.C27H29ClN6O3.C27H27ClN4O4.C26H26ClN5O4/c1-19-25-22(17-23-26(19)40-29(30,31)39-23)32-28(33-27(38)20-9-3-2-4-10-20)36(25)21-11-5-6-15-35(18-21)24(37)12-16-34-13-7-8-14-34;1-4-22(36)33-11-6-5-10-18(14-33)34-25-19(13-20-24(23(25)28)30-21(35)15-32(20)3)29-27(34)31-26(37)17-9-7-8-16(2)12-17;1-3-22(34)31-10-5-4-9-19(14-31)32-24-21(13-18-12-20(33)15-36-25(18)23(24)28)29-27(32)30-26(35)17-8-6-7-16(2)11-17;1-3-21(34)31-10-5-4-9-17(13-31)32-24-18(12-19-23(22(24)27)29-20(33)14-36-19)28-26(32)30-25(35)16-8-6-7-15(2)11-16/h2-4,9-10,12,16-17,21H,5-8,11,13-15,18H2,1H3,(H,32,33,38);4,7-9,12-13,18H,1,5-6,10-11,14-15H2,2-3H3,(H,30,35)(H,29,31,37);3,6-8,11,13,19H,1,4-5,9-10,12,14-15H2,2H3,(H,29,30,35);3,6-8,11-12,17H,1,4-5,9-10,13-14H2,2H3,(H,29,33)(H,28,30,35)/b16-12+;;;/t21-;18-;19-;17-/m1111/s1. The molecule has 9 aliphatic rings. The number of imidazole rings is 4. The Labute approximate surface area is 871 Å². The Balaban J connectivity index is 0.000000130. The maximum absolute atomic E-state index is 14.0. The Kier molecular flexibility index (Phi) is 31.0. The monoisotopic (exact) mass is 2080 g/mol. The molecule has 0 spiro atoms. The molecule has 9 aliphatic heterocycles. The Bertz CT molecular complexity index is 7360. The number of aryl methyl sites for hydroxylation is 4. The van der Waals surface area contributed by atoms with E-state index in [4.69, 9.17) is 68.7 Å². The normalized spacial score (nSPS) is 18.4. The molecule has 0 unspecified atom stereocenters. The van der Waals surface area contributed by atoms with Crippen LogP contribution in [0.25, 0.3) is 44.1 Å². The number of rotatable bonds is 17. The summed E-state index contributed by atoms with van der Waals surface area (Å²) in [5.74, 6) is -0.276. The predicted octanol–water partition coefficient (Wildman–Crippen LogP) is 18.3. The van der Waals surface area contributed by atoms with Crippen molar-refractivity contribution < 1.29 is 80.5 Å². The maximum Gasteiger partial charge on any atom is 0.586 e. The zero-order valence-electron chi connectivity index (χ0n) is 83.0. The minimum Gasteiger partial charge on any atom is -0.484 e. The van der Waals surface area contributed by atoms with Crippen LogP contribution in [-0.2, 0) is 40.0 Å². The highest BCUT2D eigenvalue weighted by atomic mass is 35.5. The Morgan fingerprint density at radius 2 is 0.826 bits per heavy atom. The molecule has 149 heavy (non-hydrogen) atoms. The van der Waals surface area contributed by atoms with E-state index in [0.29, 0.717) is 187 Å². The second-order valence-corrected chi connectivity index (χ2v) is 39.6. The molecule has 0 aliphatic carbocycles. The highest BCUT2D eigenvalue weighted by Crippen LogP contribution is 2.51. The second-order valence-electron chi connectivity index (χ2n) is 38.5. The first-order valence-corrected chi connectivity index (χ1v) is 51.0. The summed E-state index contributed by atoms with van der Waals surface area (Å²) in [6.45, 7) is 24.4. The van der Waals surface area contributed by atoms with Crippen molar-refractivity contribution in [3.63, 3.8) is 0 Å². The molecular weight excluding hydrogens is 1970 g/mol. The summed E-state index contributed by atoms with van der Waals surface area (Å²) in [6, 6.07) is 36.6. The Hall–Kier alpha value is -15.5. The van der Waals surface area contributed by atoms with Gasteiger partial charge in [0.1, 0.15) is 28.8 Å². The van der Waals surface area contributed by atoms with E-state index in [1.807, 2.05) is 123 Å². The molecule has 13 heterocycles. The van der Waals surface area contributed by atoms with Crippen LogP contribution in [-0.4, -0.2) is 226 Å². The summed E-state index contributed by atoms with van der Waals surface area (Å²) in [4.78, 5) is 170. The van der Waals surface area contributed by atoms with E-state index in [1.165, 1.54) is 24.3 Å². The third kappa shape index (κ3) is 22.5. The molecule has 40 heteroatoms. The molecule has 35 nitrogen and oxygen atoms in total. The number of carbonyl (C=O) groups is 11. The fourth-order valence-corrected chi connectivity index (χ4v) is 21.8. The van der Waals surface area contributed by atoms with E-state index in [-0.39, 0.29) is 138 Å². The fourth-order valence-electron chi connectivity index (χ4n) is 20.8. The van der Waals surface area contributed by atoms with Crippen LogP contribution in [0.4, 0.5) is 49.6 Å². The van der Waals surface area contributed by atoms with Crippen molar-refractivity contribution in [2.45, 2.75) is 154 Å². The summed E-state index contributed by atoms with van der Waals surface area (Å²) in [6.07, 6.45) is 16.0. The molecule has 21 rings (SSSR count). The summed E-state index contributed by atoms with van der Waals surface area (Å²) in [5, 5.41) is 18.5. The largest absolute Gasteiger partial charge is 0.586 e. The van der Waals surface area contributed by atoms with Gasteiger partial charge in [-0.15, -0.1) is 8.78 Å². The van der Waals surface area contributed by atoms with Crippen LogP contribution in [0.1, 0.15) is 183 Å². The van der Waals surface area contributed by atoms with Crippen molar-refractivity contribution in [2.24, 2.45) is 0 Å². The number of anilines is 7. The Morgan fingerprint density at radius 1 is 0.430 bits per heavy atom. The Morgan fingerprint density at radius 3 is 1.29 bits per heavy atom. The second kappa shape index (κ2) is 44.7. The molecule has 0 bridgehead atoms. The van der Waals surface area contributed by atoms with Gasteiger partial charge in [-0.25, -0.2) is 19.9 Å². The molecule has 5 saturated heterocycles. The number of hydrogen-bond acceptors (Lipinski definition) is 21. The number of nitrogens with zero attached hydrogens (tertiary/aromatic N) is 14. The lowest BCUT2D eigenvalue weighted by Crippen LogP contribution is -2.35. The number of hydrogen-bond donors (Lipinski definition) is 6. The number of fused-ring (bicyclic) bond motifs is 8. The first kappa shape index (κ1) is 103. The van der Waals surface area contributed by atoms with Crippen molar-refractivity contribution in [1.29, 1.82) is 0 Å². The molecule has 4 atom stereocenters. The van der Waals surface area contributed by atoms with E-state index in [9.17, 15) is 61.5 Å². The van der Waals surface area contributed by atoms with Crippen molar-refractivity contribution >= 4 is 185 Å². The summed E-state index contributed by atoms with van der Waals surface area (Å²) < 4.78 is 56.3. The van der Waals surface area contributed by atoms with E-state index >= 15 is 0 Å². The van der Waals surface area contributed by atoms with Gasteiger partial charge in [0.15, 0.2) is 23.9 Å². The lowest BCUT2D eigenvalue weighted by Gasteiger charge is -2.29. The molecule has 6 N–H and O–H groups in total. The number of aromatic nitrogens is 8. The van der Waals surface area contributed by atoms with Crippen LogP contribution in [0.15, 0.2) is 178 Å². The number of carbonyl (C=O) groups excluding carboxylic acids is 11. The molecule has 0 saturated carbocycles. The van der Waals surface area contributed by atoms with E-state index < -0.39 is 6.29 Å². The smallest absolute Gasteiger partial charge is 0.484 e. The fraction of sp³-hybridized carbons (Fsp3) is 0.349. The average molecular weight is 2090 g/mol. The van der Waals surface area contributed by atoms with Crippen molar-refractivity contribution in [3.8, 4) is 23.0 Å². The zero-order chi connectivity index (χ0) is 105. The van der Waals surface area contributed by atoms with Crippen molar-refractivity contribution in [2.75, 3.05) is 129 Å². The van der Waals surface area contributed by atoms with Gasteiger partial charge in [0.2, 0.25) is 53.3 Å². The molecule has 774 valence electrons. The molecular formula is C109H113Cl3F2N20O15. The topological polar surface area (TPSA) is 388 Å². The number of ether oxygens (including phenoxy) is 4. The van der Waals surface area contributed by atoms with Gasteiger partial charge in [0, 0.05) is 137 Å². The lowest BCUT2D eigenvalue weighted by atomic mass is 10.0. The first-order valence-electron chi connectivity index (χ1n) is 49.8. The number of halogens is 5. The van der Waals surface area contributed by atoms with Gasteiger partial charge in [0.25, 0.3) is 29.5 Å². The first-order chi connectivity index (χ1) is 71.8. The van der Waals surface area contributed by atoms with Gasteiger partial charge in [0.05, 0.1) is 96.3 Å². The van der Waals surface area contributed by atoms with Gasteiger partial charge in [-0.1, -0.05) is 126 Å².